The van der Waals surface area contributed by atoms with Crippen molar-refractivity contribution in [1.82, 2.24) is 0 Å². The van der Waals surface area contributed by atoms with E-state index < -0.39 is 0 Å². The van der Waals surface area contributed by atoms with E-state index >= 15 is 0 Å². The lowest BCUT2D eigenvalue weighted by Gasteiger charge is -1.99. The number of rotatable bonds is 2. The van der Waals surface area contributed by atoms with Crippen LogP contribution in [-0.4, -0.2) is 12.8 Å². The molecule has 0 heterocycles. The predicted molar refractivity (Wildman–Crippen MR) is 33.4 cm³/mol. The smallest absolute Gasteiger partial charge is 0.0175 e. The second-order valence-electron chi connectivity index (χ2n) is 1.33. The highest BCUT2D eigenvalue weighted by atomic mass is 31.1. The van der Waals surface area contributed by atoms with Crippen LogP contribution in [0.4, 0.5) is 0 Å². The van der Waals surface area contributed by atoms with Crippen molar-refractivity contribution in [3.63, 3.8) is 0 Å². The second kappa shape index (κ2) is 3.61. The third-order valence-corrected chi connectivity index (χ3v) is 2.82. The summed E-state index contributed by atoms with van der Waals surface area (Å²) < 4.78 is 0. The van der Waals surface area contributed by atoms with Crippen LogP contribution < -0.4 is 0 Å². The molecule has 0 spiro atoms. The summed E-state index contributed by atoms with van der Waals surface area (Å²) in [7, 11) is 0.299. The quantitative estimate of drug-likeness (QED) is 0.470. The van der Waals surface area contributed by atoms with E-state index in [1.165, 1.54) is 6.16 Å². The van der Waals surface area contributed by atoms with Gasteiger partial charge < -0.3 is 0 Å². The molecule has 0 nitrogen and oxygen atoms in total. The van der Waals surface area contributed by atoms with E-state index in [2.05, 4.69) is 26.7 Å². The van der Waals surface area contributed by atoms with Crippen LogP contribution in [0.25, 0.3) is 0 Å². The van der Waals surface area contributed by atoms with E-state index in [1.807, 2.05) is 0 Å². The monoisotopic (exact) mass is 103 g/mol. The predicted octanol–water partition coefficient (Wildman–Crippen LogP) is 2.30. The van der Waals surface area contributed by atoms with Crippen LogP contribution >= 0.6 is 7.92 Å². The van der Waals surface area contributed by atoms with Crippen LogP contribution in [0, 0.1) is 6.16 Å². The molecular weight excluding hydrogens is 91.0 g/mol. The SMILES string of the molecule is C[CH]P(C)CC. The Labute approximate surface area is 41.7 Å². The highest BCUT2D eigenvalue weighted by molar-refractivity contribution is 7.58. The standard InChI is InChI=1S/C5H12P/c1-4-6(3)5-2/h4H,5H2,1-3H3. The number of hydrogen-bond donors (Lipinski definition) is 0. The molecule has 0 aliphatic carbocycles. The lowest BCUT2D eigenvalue weighted by atomic mass is 11.0. The van der Waals surface area contributed by atoms with E-state index in [0.717, 1.165) is 0 Å². The van der Waals surface area contributed by atoms with Crippen LogP contribution in [-0.2, 0) is 0 Å². The maximum Gasteiger partial charge on any atom is -0.0175 e. The molecule has 1 unspecified atom stereocenters. The lowest BCUT2D eigenvalue weighted by molar-refractivity contribution is 1.48. The normalized spacial score (nSPS) is 10.0. The summed E-state index contributed by atoms with van der Waals surface area (Å²) in [4.78, 5) is 0. The van der Waals surface area contributed by atoms with Crippen molar-refractivity contribution in [3.05, 3.63) is 6.16 Å². The molecule has 1 radical (unpaired) electrons. The minimum Gasteiger partial charge on any atom is -0.107 e. The molecule has 1 heteroatoms. The topological polar surface area (TPSA) is 0 Å². The van der Waals surface area contributed by atoms with Crippen molar-refractivity contribution in [2.75, 3.05) is 12.8 Å². The molecule has 0 saturated carbocycles. The fraction of sp³-hybridized carbons (Fsp3) is 0.800. The van der Waals surface area contributed by atoms with Crippen molar-refractivity contribution in [2.45, 2.75) is 13.8 Å². The third kappa shape index (κ3) is 2.66. The minimum absolute atomic E-state index is 0.299. The maximum absolute atomic E-state index is 2.29. The van der Waals surface area contributed by atoms with Gasteiger partial charge in [-0.25, -0.2) is 0 Å². The first kappa shape index (κ1) is 6.43. The summed E-state index contributed by atoms with van der Waals surface area (Å²) in [6, 6.07) is 0. The minimum atomic E-state index is 0.299. The Morgan fingerprint density at radius 2 is 2.17 bits per heavy atom. The Hall–Kier alpha value is 0.430. The van der Waals surface area contributed by atoms with Crippen LogP contribution in [0.15, 0.2) is 0 Å². The highest BCUT2D eigenvalue weighted by Crippen LogP contribution is 2.31. The van der Waals surface area contributed by atoms with E-state index in [0.29, 0.717) is 7.92 Å². The first-order valence-corrected chi connectivity index (χ1v) is 4.35. The molecule has 0 fully saturated rings. The van der Waals surface area contributed by atoms with Gasteiger partial charge in [0.2, 0.25) is 0 Å². The number of hydrogen-bond acceptors (Lipinski definition) is 0. The zero-order valence-corrected chi connectivity index (χ0v) is 5.63. The van der Waals surface area contributed by atoms with E-state index in [9.17, 15) is 0 Å². The van der Waals surface area contributed by atoms with Gasteiger partial charge in [0.05, 0.1) is 0 Å². The van der Waals surface area contributed by atoms with Crippen LogP contribution in [0.3, 0.4) is 0 Å². The summed E-state index contributed by atoms with van der Waals surface area (Å²) in [6.45, 7) is 6.65. The van der Waals surface area contributed by atoms with Gasteiger partial charge in [0.15, 0.2) is 0 Å². The van der Waals surface area contributed by atoms with Crippen molar-refractivity contribution in [3.8, 4) is 0 Å². The summed E-state index contributed by atoms with van der Waals surface area (Å²) in [5, 5.41) is 0. The first-order valence-electron chi connectivity index (χ1n) is 2.31. The molecule has 0 bridgehead atoms. The summed E-state index contributed by atoms with van der Waals surface area (Å²) >= 11 is 0. The van der Waals surface area contributed by atoms with Gasteiger partial charge in [-0.3, -0.25) is 0 Å². The highest BCUT2D eigenvalue weighted by Gasteiger charge is 1.87. The van der Waals surface area contributed by atoms with Crippen molar-refractivity contribution in [2.24, 2.45) is 0 Å². The molecule has 37 valence electrons. The fourth-order valence-electron chi connectivity index (χ4n) is 0.183. The zero-order chi connectivity index (χ0) is 4.99. The van der Waals surface area contributed by atoms with Gasteiger partial charge in [0.25, 0.3) is 0 Å². The van der Waals surface area contributed by atoms with Crippen molar-refractivity contribution >= 4 is 7.92 Å². The molecule has 6 heavy (non-hydrogen) atoms. The molecule has 0 rings (SSSR count). The molecule has 0 aliphatic rings. The van der Waals surface area contributed by atoms with Crippen molar-refractivity contribution < 1.29 is 0 Å². The average Bonchev–Trinajstić information content (AvgIpc) is 1.65. The van der Waals surface area contributed by atoms with Gasteiger partial charge in [-0.05, 0) is 19.0 Å². The zero-order valence-electron chi connectivity index (χ0n) is 4.73. The Morgan fingerprint density at radius 3 is 2.17 bits per heavy atom. The van der Waals surface area contributed by atoms with E-state index in [1.54, 1.807) is 0 Å². The first-order chi connectivity index (χ1) is 2.81. The average molecular weight is 103 g/mol. The summed E-state index contributed by atoms with van der Waals surface area (Å²) in [6.07, 6.45) is 3.63. The Morgan fingerprint density at radius 1 is 1.67 bits per heavy atom. The van der Waals surface area contributed by atoms with Crippen molar-refractivity contribution in [1.29, 1.82) is 0 Å². The molecule has 0 aromatic heterocycles. The van der Waals surface area contributed by atoms with Gasteiger partial charge in [0, 0.05) is 0 Å². The van der Waals surface area contributed by atoms with Gasteiger partial charge in [0.1, 0.15) is 0 Å². The molecule has 0 amide bonds. The van der Waals surface area contributed by atoms with E-state index in [-0.39, 0.29) is 0 Å². The van der Waals surface area contributed by atoms with Crippen LogP contribution in [0.2, 0.25) is 0 Å². The van der Waals surface area contributed by atoms with Crippen LogP contribution in [0.5, 0.6) is 0 Å². The molecular formula is C5H12P. The largest absolute Gasteiger partial charge is 0.107 e. The van der Waals surface area contributed by atoms with Gasteiger partial charge >= 0.3 is 0 Å². The molecule has 0 aromatic carbocycles. The molecule has 0 N–H and O–H groups in total. The van der Waals surface area contributed by atoms with Gasteiger partial charge in [-0.2, -0.15) is 0 Å². The Balaban J connectivity index is 2.75. The molecule has 0 aliphatic heterocycles. The lowest BCUT2D eigenvalue weighted by Crippen LogP contribution is -1.69. The summed E-state index contributed by atoms with van der Waals surface area (Å²) in [5.74, 6) is 0. The maximum atomic E-state index is 2.29. The fourth-order valence-corrected chi connectivity index (χ4v) is 0.548. The molecule has 0 saturated heterocycles. The van der Waals surface area contributed by atoms with Gasteiger partial charge in [-0.15, -0.1) is 7.92 Å². The Kier molecular flexibility index (Phi) is 3.87. The Bertz CT molecular complexity index is 23.1. The molecule has 0 aromatic rings. The molecule has 1 atom stereocenters. The second-order valence-corrected chi connectivity index (χ2v) is 3.99. The summed E-state index contributed by atoms with van der Waals surface area (Å²) in [5.41, 5.74) is 0. The van der Waals surface area contributed by atoms with Crippen LogP contribution in [0.1, 0.15) is 13.8 Å². The van der Waals surface area contributed by atoms with E-state index in [4.69, 9.17) is 0 Å². The third-order valence-electron chi connectivity index (χ3n) is 0.940. The van der Waals surface area contributed by atoms with Gasteiger partial charge in [-0.1, -0.05) is 13.8 Å².